The minimum atomic E-state index is -0.0794. The van der Waals surface area contributed by atoms with Gasteiger partial charge < -0.3 is 15.0 Å². The predicted octanol–water partition coefficient (Wildman–Crippen LogP) is 0.135. The first-order valence-corrected chi connectivity index (χ1v) is 6.09. The van der Waals surface area contributed by atoms with Gasteiger partial charge in [-0.3, -0.25) is 4.68 Å². The number of hydrogen-bond donors (Lipinski definition) is 1. The fraction of sp³-hybridized carbons (Fsp3) is 0.727. The van der Waals surface area contributed by atoms with Gasteiger partial charge in [0.15, 0.2) is 5.82 Å². The first-order valence-electron chi connectivity index (χ1n) is 6.09. The molecule has 1 unspecified atom stereocenters. The van der Waals surface area contributed by atoms with Crippen LogP contribution in [0.2, 0.25) is 0 Å². The van der Waals surface area contributed by atoms with Gasteiger partial charge >= 0.3 is 6.03 Å². The minimum absolute atomic E-state index is 0.0794. The van der Waals surface area contributed by atoms with E-state index in [4.69, 9.17) is 4.74 Å². The van der Waals surface area contributed by atoms with E-state index in [-0.39, 0.29) is 12.1 Å². The molecule has 1 N–H and O–H groups in total. The van der Waals surface area contributed by atoms with Crippen LogP contribution in [0.3, 0.4) is 0 Å². The lowest BCUT2D eigenvalue weighted by atomic mass is 10.1. The second-order valence-electron chi connectivity index (χ2n) is 4.44. The second kappa shape index (κ2) is 5.81. The molecular weight excluding hydrogens is 234 g/mol. The zero-order valence-electron chi connectivity index (χ0n) is 10.8. The number of aryl methyl sites for hydroxylation is 1. The van der Waals surface area contributed by atoms with Crippen LogP contribution in [0.4, 0.5) is 4.79 Å². The van der Waals surface area contributed by atoms with Crippen molar-refractivity contribution in [2.24, 2.45) is 7.05 Å². The first kappa shape index (κ1) is 12.8. The molecule has 0 bridgehead atoms. The molecule has 7 nitrogen and oxygen atoms in total. The standard InChI is InChI=1S/C11H19N5O2/c1-15-8-13-10(14-15)6-12-11(17)16-5-3-4-9(7-16)18-2/h8-9H,3-7H2,1-2H3,(H,12,17). The predicted molar refractivity (Wildman–Crippen MR) is 64.8 cm³/mol. The SMILES string of the molecule is COC1CCCN(C(=O)NCc2ncn(C)n2)C1. The lowest BCUT2D eigenvalue weighted by Gasteiger charge is -2.31. The molecule has 1 aliphatic rings. The van der Waals surface area contributed by atoms with E-state index in [1.54, 1.807) is 30.1 Å². The molecule has 1 aliphatic heterocycles. The molecule has 1 aromatic heterocycles. The van der Waals surface area contributed by atoms with E-state index in [1.165, 1.54) is 0 Å². The smallest absolute Gasteiger partial charge is 0.317 e. The molecule has 1 fully saturated rings. The summed E-state index contributed by atoms with van der Waals surface area (Å²) in [5.74, 6) is 0.617. The van der Waals surface area contributed by atoms with Crippen molar-refractivity contribution in [2.45, 2.75) is 25.5 Å². The van der Waals surface area contributed by atoms with E-state index in [1.807, 2.05) is 0 Å². The number of aromatic nitrogens is 3. The number of ether oxygens (including phenoxy) is 1. The largest absolute Gasteiger partial charge is 0.380 e. The number of hydrogen-bond acceptors (Lipinski definition) is 4. The van der Waals surface area contributed by atoms with E-state index >= 15 is 0 Å². The molecule has 18 heavy (non-hydrogen) atoms. The van der Waals surface area contributed by atoms with Crippen molar-refractivity contribution in [3.63, 3.8) is 0 Å². The number of urea groups is 1. The van der Waals surface area contributed by atoms with Crippen molar-refractivity contribution in [1.82, 2.24) is 25.0 Å². The van der Waals surface area contributed by atoms with E-state index in [0.717, 1.165) is 19.4 Å². The van der Waals surface area contributed by atoms with E-state index in [0.29, 0.717) is 18.9 Å². The molecule has 7 heteroatoms. The van der Waals surface area contributed by atoms with Crippen LogP contribution in [0, 0.1) is 0 Å². The van der Waals surface area contributed by atoms with Crippen molar-refractivity contribution >= 4 is 6.03 Å². The maximum atomic E-state index is 11.9. The quantitative estimate of drug-likeness (QED) is 0.831. The maximum Gasteiger partial charge on any atom is 0.317 e. The third-order valence-corrected chi connectivity index (χ3v) is 3.04. The highest BCUT2D eigenvalue weighted by molar-refractivity contribution is 5.74. The number of carbonyl (C=O) groups is 1. The van der Waals surface area contributed by atoms with Crippen molar-refractivity contribution in [3.05, 3.63) is 12.2 Å². The van der Waals surface area contributed by atoms with Crippen LogP contribution >= 0.6 is 0 Å². The molecule has 1 aromatic rings. The Morgan fingerprint density at radius 2 is 2.50 bits per heavy atom. The monoisotopic (exact) mass is 253 g/mol. The molecule has 100 valence electrons. The van der Waals surface area contributed by atoms with Crippen LogP contribution in [0.25, 0.3) is 0 Å². The molecule has 0 radical (unpaired) electrons. The highest BCUT2D eigenvalue weighted by Gasteiger charge is 2.23. The molecule has 2 rings (SSSR count). The zero-order valence-corrected chi connectivity index (χ0v) is 10.8. The summed E-state index contributed by atoms with van der Waals surface area (Å²) in [7, 11) is 3.48. The molecule has 0 spiro atoms. The van der Waals surface area contributed by atoms with Crippen LogP contribution in [-0.2, 0) is 18.3 Å². The van der Waals surface area contributed by atoms with Gasteiger partial charge in [-0.25, -0.2) is 9.78 Å². The maximum absolute atomic E-state index is 11.9. The molecule has 1 atom stereocenters. The number of rotatable bonds is 3. The average molecular weight is 253 g/mol. The van der Waals surface area contributed by atoms with Crippen molar-refractivity contribution in [2.75, 3.05) is 20.2 Å². The van der Waals surface area contributed by atoms with E-state index in [2.05, 4.69) is 15.4 Å². The molecule has 0 saturated carbocycles. The molecule has 0 aliphatic carbocycles. The number of piperidine rings is 1. The molecule has 0 aromatic carbocycles. The number of methoxy groups -OCH3 is 1. The summed E-state index contributed by atoms with van der Waals surface area (Å²) in [6.45, 7) is 1.78. The number of carbonyl (C=O) groups excluding carboxylic acids is 1. The molecular formula is C11H19N5O2. The van der Waals surface area contributed by atoms with E-state index < -0.39 is 0 Å². The Hall–Kier alpha value is -1.63. The van der Waals surface area contributed by atoms with Crippen LogP contribution in [0.1, 0.15) is 18.7 Å². The fourth-order valence-electron chi connectivity index (χ4n) is 2.05. The van der Waals surface area contributed by atoms with Gasteiger partial charge in [-0.2, -0.15) is 5.10 Å². The van der Waals surface area contributed by atoms with Crippen molar-refractivity contribution in [1.29, 1.82) is 0 Å². The van der Waals surface area contributed by atoms with Crippen molar-refractivity contribution in [3.8, 4) is 0 Å². The fourth-order valence-corrected chi connectivity index (χ4v) is 2.05. The van der Waals surface area contributed by atoms with Gasteiger partial charge in [-0.15, -0.1) is 0 Å². The van der Waals surface area contributed by atoms with Crippen LogP contribution in [0.15, 0.2) is 6.33 Å². The summed E-state index contributed by atoms with van der Waals surface area (Å²) in [5.41, 5.74) is 0. The van der Waals surface area contributed by atoms with Gasteiger partial charge in [0.2, 0.25) is 0 Å². The average Bonchev–Trinajstić information content (AvgIpc) is 2.82. The Balaban J connectivity index is 1.80. The summed E-state index contributed by atoms with van der Waals surface area (Å²) < 4.78 is 6.90. The lowest BCUT2D eigenvalue weighted by Crippen LogP contribution is -2.47. The van der Waals surface area contributed by atoms with Gasteiger partial charge in [-0.05, 0) is 12.8 Å². The van der Waals surface area contributed by atoms with Crippen LogP contribution < -0.4 is 5.32 Å². The number of nitrogens with one attached hydrogen (secondary N) is 1. The highest BCUT2D eigenvalue weighted by atomic mass is 16.5. The van der Waals surface area contributed by atoms with Gasteiger partial charge in [-0.1, -0.05) is 0 Å². The summed E-state index contributed by atoms with van der Waals surface area (Å²) in [4.78, 5) is 17.8. The van der Waals surface area contributed by atoms with Gasteiger partial charge in [0.25, 0.3) is 0 Å². The Morgan fingerprint density at radius 1 is 1.67 bits per heavy atom. The minimum Gasteiger partial charge on any atom is -0.380 e. The number of nitrogens with zero attached hydrogens (tertiary/aromatic N) is 4. The Kier molecular flexibility index (Phi) is 4.14. The van der Waals surface area contributed by atoms with E-state index in [9.17, 15) is 4.79 Å². The number of likely N-dealkylation sites (tertiary alicyclic amines) is 1. The lowest BCUT2D eigenvalue weighted by molar-refractivity contribution is 0.0434. The topological polar surface area (TPSA) is 72.3 Å². The van der Waals surface area contributed by atoms with Gasteiger partial charge in [0.1, 0.15) is 6.33 Å². The Morgan fingerprint density at radius 3 is 3.17 bits per heavy atom. The number of amides is 2. The third kappa shape index (κ3) is 3.19. The first-order chi connectivity index (χ1) is 8.69. The molecule has 1 saturated heterocycles. The summed E-state index contributed by atoms with van der Waals surface area (Å²) in [6.07, 6.45) is 3.76. The van der Waals surface area contributed by atoms with Crippen LogP contribution in [-0.4, -0.2) is 52.0 Å². The Bertz CT molecular complexity index is 406. The van der Waals surface area contributed by atoms with Gasteiger partial charge in [0, 0.05) is 27.2 Å². The van der Waals surface area contributed by atoms with Crippen LogP contribution in [0.5, 0.6) is 0 Å². The normalized spacial score (nSPS) is 19.9. The van der Waals surface area contributed by atoms with Crippen molar-refractivity contribution < 1.29 is 9.53 Å². The molecule has 2 heterocycles. The zero-order chi connectivity index (χ0) is 13.0. The summed E-state index contributed by atoms with van der Waals surface area (Å²) in [6, 6.07) is -0.0794. The van der Waals surface area contributed by atoms with Gasteiger partial charge in [0.05, 0.1) is 12.6 Å². The Labute approximate surface area is 106 Å². The third-order valence-electron chi connectivity index (χ3n) is 3.04. The second-order valence-corrected chi connectivity index (χ2v) is 4.44. The highest BCUT2D eigenvalue weighted by Crippen LogP contribution is 2.12. The summed E-state index contributed by atoms with van der Waals surface area (Å²) >= 11 is 0. The molecule has 2 amide bonds. The summed E-state index contributed by atoms with van der Waals surface area (Å²) in [5, 5.41) is 6.93.